The van der Waals surface area contributed by atoms with Crippen molar-refractivity contribution in [3.05, 3.63) is 24.3 Å². The number of benzene rings is 1. The fraction of sp³-hybridized carbons (Fsp3) is 0.500. The van der Waals surface area contributed by atoms with Gasteiger partial charge in [0.1, 0.15) is 0 Å². The van der Waals surface area contributed by atoms with Gasteiger partial charge in [0, 0.05) is 22.9 Å². The molecule has 1 aromatic carbocycles. The molecular weight excluding hydrogens is 268 g/mol. The van der Waals surface area contributed by atoms with Crippen LogP contribution in [0.4, 0.5) is 5.69 Å². The van der Waals surface area contributed by atoms with Crippen molar-refractivity contribution in [2.75, 3.05) is 23.8 Å². The maximum Gasteiger partial charge on any atom is 0.212 e. The van der Waals surface area contributed by atoms with Crippen LogP contribution >= 0.6 is 11.8 Å². The third kappa shape index (κ3) is 5.75. The van der Waals surface area contributed by atoms with Crippen LogP contribution in [0.25, 0.3) is 0 Å². The predicted octanol–water partition coefficient (Wildman–Crippen LogP) is 1.94. The molecule has 0 fully saturated rings. The van der Waals surface area contributed by atoms with E-state index in [0.717, 1.165) is 4.90 Å². The lowest BCUT2D eigenvalue weighted by molar-refractivity contribution is 0.561. The van der Waals surface area contributed by atoms with Crippen LogP contribution in [0.15, 0.2) is 29.2 Å². The van der Waals surface area contributed by atoms with Gasteiger partial charge in [-0.05, 0) is 18.1 Å². The number of anilines is 1. The maximum atomic E-state index is 11.7. The minimum atomic E-state index is -3.17. The fourth-order valence-corrected chi connectivity index (χ4v) is 3.81. The first kappa shape index (κ1) is 15.3. The van der Waals surface area contributed by atoms with Crippen LogP contribution < -0.4 is 10.5 Å². The van der Waals surface area contributed by atoms with Crippen molar-refractivity contribution in [2.24, 2.45) is 5.92 Å². The van der Waals surface area contributed by atoms with Crippen LogP contribution in [0.1, 0.15) is 13.8 Å². The summed E-state index contributed by atoms with van der Waals surface area (Å²) in [4.78, 5) is 0.927. The van der Waals surface area contributed by atoms with E-state index in [9.17, 15) is 8.42 Å². The van der Waals surface area contributed by atoms with Gasteiger partial charge < -0.3 is 5.73 Å². The van der Waals surface area contributed by atoms with Gasteiger partial charge in [-0.15, -0.1) is 11.8 Å². The van der Waals surface area contributed by atoms with Crippen molar-refractivity contribution in [2.45, 2.75) is 18.7 Å². The number of thioether (sulfide) groups is 1. The lowest BCUT2D eigenvalue weighted by Crippen LogP contribution is -2.30. The standard InChI is InChI=1S/C12H20N2O2S2/c1-10(2)9-14-18(15,16)8-7-17-12-6-4-3-5-11(12)13/h3-6,10,14H,7-9,13H2,1-2H3. The second kappa shape index (κ2) is 7.01. The second-order valence-corrected chi connectivity index (χ2v) is 7.51. The highest BCUT2D eigenvalue weighted by Crippen LogP contribution is 2.24. The minimum Gasteiger partial charge on any atom is -0.398 e. The largest absolute Gasteiger partial charge is 0.398 e. The summed E-state index contributed by atoms with van der Waals surface area (Å²) in [6, 6.07) is 7.46. The molecule has 0 aliphatic heterocycles. The van der Waals surface area contributed by atoms with Gasteiger partial charge in [-0.25, -0.2) is 13.1 Å². The van der Waals surface area contributed by atoms with Crippen molar-refractivity contribution in [3.63, 3.8) is 0 Å². The Morgan fingerprint density at radius 3 is 2.61 bits per heavy atom. The highest BCUT2D eigenvalue weighted by molar-refractivity contribution is 8.00. The van der Waals surface area contributed by atoms with E-state index in [1.54, 1.807) is 0 Å². The van der Waals surface area contributed by atoms with E-state index in [4.69, 9.17) is 5.73 Å². The van der Waals surface area contributed by atoms with E-state index >= 15 is 0 Å². The van der Waals surface area contributed by atoms with Crippen LogP contribution in [0.5, 0.6) is 0 Å². The Bertz CT molecular complexity index is 473. The molecule has 0 aliphatic rings. The SMILES string of the molecule is CC(C)CNS(=O)(=O)CCSc1ccccc1N. The van der Waals surface area contributed by atoms with Crippen molar-refractivity contribution < 1.29 is 8.42 Å². The summed E-state index contributed by atoms with van der Waals surface area (Å²) in [5.74, 6) is 0.928. The molecule has 3 N–H and O–H groups in total. The summed E-state index contributed by atoms with van der Waals surface area (Å²) >= 11 is 1.46. The van der Waals surface area contributed by atoms with E-state index in [0.29, 0.717) is 23.9 Å². The molecule has 18 heavy (non-hydrogen) atoms. The molecule has 0 bridgehead atoms. The van der Waals surface area contributed by atoms with Crippen LogP contribution in [-0.4, -0.2) is 26.5 Å². The van der Waals surface area contributed by atoms with Crippen LogP contribution in [0.2, 0.25) is 0 Å². The number of para-hydroxylation sites is 1. The van der Waals surface area contributed by atoms with E-state index < -0.39 is 10.0 Å². The Balaban J connectivity index is 2.40. The van der Waals surface area contributed by atoms with Crippen LogP contribution in [0.3, 0.4) is 0 Å². The van der Waals surface area contributed by atoms with Crippen molar-refractivity contribution in [1.29, 1.82) is 0 Å². The average molecular weight is 288 g/mol. The van der Waals surface area contributed by atoms with Gasteiger partial charge in [-0.2, -0.15) is 0 Å². The Hall–Kier alpha value is -0.720. The summed E-state index contributed by atoms with van der Waals surface area (Å²) in [5.41, 5.74) is 6.47. The minimum absolute atomic E-state index is 0.110. The van der Waals surface area contributed by atoms with E-state index in [2.05, 4.69) is 4.72 Å². The Labute approximate surface area is 113 Å². The molecule has 102 valence electrons. The third-order valence-electron chi connectivity index (χ3n) is 2.24. The second-order valence-electron chi connectivity index (χ2n) is 4.45. The van der Waals surface area contributed by atoms with Gasteiger partial charge in [0.05, 0.1) is 5.75 Å². The Kier molecular flexibility index (Phi) is 5.98. The molecule has 0 saturated heterocycles. The van der Waals surface area contributed by atoms with Crippen molar-refractivity contribution in [3.8, 4) is 0 Å². The molecule has 1 rings (SSSR count). The molecule has 1 aromatic rings. The number of hydrogen-bond acceptors (Lipinski definition) is 4. The monoisotopic (exact) mass is 288 g/mol. The zero-order chi connectivity index (χ0) is 13.6. The molecule has 0 amide bonds. The number of rotatable bonds is 7. The van der Waals surface area contributed by atoms with Crippen LogP contribution in [-0.2, 0) is 10.0 Å². The van der Waals surface area contributed by atoms with Gasteiger partial charge >= 0.3 is 0 Å². The van der Waals surface area contributed by atoms with E-state index in [1.165, 1.54) is 11.8 Å². The number of nitrogens with two attached hydrogens (primary N) is 1. The summed E-state index contributed by atoms with van der Waals surface area (Å²) in [7, 11) is -3.17. The molecular formula is C12H20N2O2S2. The smallest absolute Gasteiger partial charge is 0.212 e. The normalized spacial score (nSPS) is 11.9. The maximum absolute atomic E-state index is 11.7. The van der Waals surface area contributed by atoms with Gasteiger partial charge in [0.2, 0.25) is 10.0 Å². The number of nitrogen functional groups attached to an aromatic ring is 1. The molecule has 0 radical (unpaired) electrons. The summed E-state index contributed by atoms with van der Waals surface area (Å²) < 4.78 is 25.9. The van der Waals surface area contributed by atoms with Gasteiger partial charge in [-0.1, -0.05) is 26.0 Å². The lowest BCUT2D eigenvalue weighted by Gasteiger charge is -2.09. The number of hydrogen-bond donors (Lipinski definition) is 2. The number of sulfonamides is 1. The molecule has 0 heterocycles. The molecule has 4 nitrogen and oxygen atoms in total. The summed E-state index contributed by atoms with van der Waals surface area (Å²) in [6.07, 6.45) is 0. The summed E-state index contributed by atoms with van der Waals surface area (Å²) in [6.45, 7) is 4.43. The molecule has 0 spiro atoms. The molecule has 6 heteroatoms. The zero-order valence-corrected chi connectivity index (χ0v) is 12.4. The van der Waals surface area contributed by atoms with E-state index in [-0.39, 0.29) is 5.75 Å². The first-order chi connectivity index (χ1) is 8.41. The van der Waals surface area contributed by atoms with Gasteiger partial charge in [-0.3, -0.25) is 0 Å². The Morgan fingerprint density at radius 1 is 1.33 bits per heavy atom. The molecule has 0 atom stereocenters. The van der Waals surface area contributed by atoms with Crippen molar-refractivity contribution >= 4 is 27.5 Å². The quantitative estimate of drug-likeness (QED) is 0.594. The molecule has 0 aliphatic carbocycles. The average Bonchev–Trinajstić information content (AvgIpc) is 2.29. The molecule has 0 saturated carbocycles. The first-order valence-corrected chi connectivity index (χ1v) is 8.49. The highest BCUT2D eigenvalue weighted by Gasteiger charge is 2.10. The predicted molar refractivity (Wildman–Crippen MR) is 78.2 cm³/mol. The fourth-order valence-electron chi connectivity index (χ4n) is 1.24. The van der Waals surface area contributed by atoms with Gasteiger partial charge in [0.25, 0.3) is 0 Å². The number of nitrogens with one attached hydrogen (secondary N) is 1. The molecule has 0 unspecified atom stereocenters. The molecule has 0 aromatic heterocycles. The lowest BCUT2D eigenvalue weighted by atomic mass is 10.2. The zero-order valence-electron chi connectivity index (χ0n) is 10.7. The van der Waals surface area contributed by atoms with Crippen LogP contribution in [0, 0.1) is 5.92 Å². The van der Waals surface area contributed by atoms with E-state index in [1.807, 2.05) is 38.1 Å². The summed E-state index contributed by atoms with van der Waals surface area (Å²) in [5, 5.41) is 0. The van der Waals surface area contributed by atoms with Gasteiger partial charge in [0.15, 0.2) is 0 Å². The Morgan fingerprint density at radius 2 is 2.00 bits per heavy atom. The topological polar surface area (TPSA) is 72.2 Å². The highest BCUT2D eigenvalue weighted by atomic mass is 32.2. The third-order valence-corrected chi connectivity index (χ3v) is 4.94. The van der Waals surface area contributed by atoms with Crippen molar-refractivity contribution in [1.82, 2.24) is 4.72 Å². The first-order valence-electron chi connectivity index (χ1n) is 5.85.